The molecule has 1 aromatic heterocycles. The van der Waals surface area contributed by atoms with Crippen molar-refractivity contribution in [3.05, 3.63) is 29.6 Å². The number of hydrogen-bond donors (Lipinski definition) is 0. The highest BCUT2D eigenvalue weighted by Crippen LogP contribution is 2.03. The summed E-state index contributed by atoms with van der Waals surface area (Å²) < 4.78 is 0. The van der Waals surface area contributed by atoms with Crippen molar-refractivity contribution in [3.63, 3.8) is 0 Å². The standard InChI is InChI=1S/C8H7NO2/c1-6-4-9-3-2-7(6)8(11)5-10/h2-5H,1H3. The Morgan fingerprint density at radius 2 is 2.36 bits per heavy atom. The molecule has 1 rings (SSSR count). The first-order valence-electron chi connectivity index (χ1n) is 3.16. The van der Waals surface area contributed by atoms with Crippen LogP contribution in [-0.4, -0.2) is 17.1 Å². The highest BCUT2D eigenvalue weighted by molar-refractivity contribution is 6.33. The van der Waals surface area contributed by atoms with Gasteiger partial charge >= 0.3 is 0 Å². The van der Waals surface area contributed by atoms with E-state index in [1.54, 1.807) is 13.1 Å². The largest absolute Gasteiger partial charge is 0.294 e. The molecule has 0 aliphatic rings. The summed E-state index contributed by atoms with van der Waals surface area (Å²) in [6, 6.07) is 1.53. The van der Waals surface area contributed by atoms with E-state index < -0.39 is 5.78 Å². The minimum atomic E-state index is -0.495. The fraction of sp³-hybridized carbons (Fsp3) is 0.125. The van der Waals surface area contributed by atoms with Gasteiger partial charge in [-0.05, 0) is 18.6 Å². The summed E-state index contributed by atoms with van der Waals surface area (Å²) in [6.45, 7) is 1.74. The van der Waals surface area contributed by atoms with Crippen molar-refractivity contribution >= 4 is 12.1 Å². The van der Waals surface area contributed by atoms with Crippen LogP contribution in [0.3, 0.4) is 0 Å². The van der Waals surface area contributed by atoms with Crippen molar-refractivity contribution in [2.75, 3.05) is 0 Å². The molecule has 0 N–H and O–H groups in total. The maximum absolute atomic E-state index is 10.8. The molecule has 11 heavy (non-hydrogen) atoms. The number of pyridine rings is 1. The lowest BCUT2D eigenvalue weighted by atomic mass is 10.1. The molecule has 0 aliphatic carbocycles. The molecule has 0 aromatic carbocycles. The second kappa shape index (κ2) is 3.05. The van der Waals surface area contributed by atoms with E-state index in [9.17, 15) is 9.59 Å². The Morgan fingerprint density at radius 3 is 2.91 bits per heavy atom. The summed E-state index contributed by atoms with van der Waals surface area (Å²) in [4.78, 5) is 24.7. The number of carbonyl (C=O) groups excluding carboxylic acids is 2. The number of aromatic nitrogens is 1. The number of ketones is 1. The predicted octanol–water partition coefficient (Wildman–Crippen LogP) is 0.772. The number of nitrogens with zero attached hydrogens (tertiary/aromatic N) is 1. The molecule has 0 atom stereocenters. The van der Waals surface area contributed by atoms with Crippen LogP contribution in [-0.2, 0) is 4.79 Å². The minimum Gasteiger partial charge on any atom is -0.294 e. The van der Waals surface area contributed by atoms with Gasteiger partial charge in [0, 0.05) is 18.0 Å². The van der Waals surface area contributed by atoms with Gasteiger partial charge in [-0.25, -0.2) is 0 Å². The van der Waals surface area contributed by atoms with Gasteiger partial charge in [0.1, 0.15) is 0 Å². The Bertz CT molecular complexity index is 294. The first kappa shape index (κ1) is 7.60. The Labute approximate surface area is 64.1 Å². The minimum absolute atomic E-state index is 0.308. The number of aryl methyl sites for hydroxylation is 1. The molecule has 1 aromatic rings. The monoisotopic (exact) mass is 149 g/mol. The zero-order chi connectivity index (χ0) is 8.27. The Balaban J connectivity index is 3.13. The van der Waals surface area contributed by atoms with Crippen molar-refractivity contribution in [2.24, 2.45) is 0 Å². The van der Waals surface area contributed by atoms with Gasteiger partial charge in [0.25, 0.3) is 0 Å². The number of hydrogen-bond acceptors (Lipinski definition) is 3. The summed E-state index contributed by atoms with van der Waals surface area (Å²) in [5.74, 6) is -0.495. The second-order valence-corrected chi connectivity index (χ2v) is 2.17. The normalized spacial score (nSPS) is 9.18. The lowest BCUT2D eigenvalue weighted by molar-refractivity contribution is -0.104. The summed E-state index contributed by atoms with van der Waals surface area (Å²) in [7, 11) is 0. The van der Waals surface area contributed by atoms with E-state index in [0.29, 0.717) is 11.8 Å². The Morgan fingerprint density at radius 1 is 1.64 bits per heavy atom. The maximum atomic E-state index is 10.8. The van der Waals surface area contributed by atoms with E-state index >= 15 is 0 Å². The van der Waals surface area contributed by atoms with Crippen molar-refractivity contribution in [1.82, 2.24) is 4.98 Å². The quantitative estimate of drug-likeness (QED) is 0.354. The summed E-state index contributed by atoms with van der Waals surface area (Å²) in [5.41, 5.74) is 1.15. The zero-order valence-electron chi connectivity index (χ0n) is 6.07. The molecule has 0 bridgehead atoms. The van der Waals surface area contributed by atoms with E-state index in [4.69, 9.17) is 0 Å². The van der Waals surface area contributed by atoms with Crippen molar-refractivity contribution in [2.45, 2.75) is 6.92 Å². The van der Waals surface area contributed by atoms with E-state index in [2.05, 4.69) is 4.98 Å². The first-order chi connectivity index (χ1) is 5.25. The third-order valence-electron chi connectivity index (χ3n) is 1.39. The first-order valence-corrected chi connectivity index (χ1v) is 3.16. The van der Waals surface area contributed by atoms with Crippen LogP contribution < -0.4 is 0 Å². The summed E-state index contributed by atoms with van der Waals surface area (Å²) in [6.07, 6.45) is 3.35. The smallest absolute Gasteiger partial charge is 0.225 e. The molecular formula is C8H7NO2. The SMILES string of the molecule is Cc1cnccc1C(=O)C=O. The molecule has 0 saturated heterocycles. The number of aldehydes is 1. The fourth-order valence-corrected chi connectivity index (χ4v) is 0.813. The van der Waals surface area contributed by atoms with Crippen LogP contribution in [0.1, 0.15) is 15.9 Å². The third-order valence-corrected chi connectivity index (χ3v) is 1.39. The molecule has 3 heteroatoms. The number of rotatable bonds is 2. The van der Waals surface area contributed by atoms with Gasteiger partial charge in [-0.3, -0.25) is 14.6 Å². The number of Topliss-reactive ketones (excluding diaryl/α,β-unsaturated/α-hetero) is 1. The molecule has 1 heterocycles. The molecule has 0 spiro atoms. The van der Waals surface area contributed by atoms with Crippen LogP contribution in [0.25, 0.3) is 0 Å². The number of carbonyl (C=O) groups is 2. The Hall–Kier alpha value is -1.51. The average molecular weight is 149 g/mol. The zero-order valence-corrected chi connectivity index (χ0v) is 6.07. The van der Waals surface area contributed by atoms with Crippen LogP contribution in [0.2, 0.25) is 0 Å². The Kier molecular flexibility index (Phi) is 2.11. The van der Waals surface area contributed by atoms with Crippen LogP contribution in [0.5, 0.6) is 0 Å². The van der Waals surface area contributed by atoms with Crippen LogP contribution in [0.15, 0.2) is 18.5 Å². The average Bonchev–Trinajstić information content (AvgIpc) is 2.04. The van der Waals surface area contributed by atoms with E-state index in [1.807, 2.05) is 0 Å². The van der Waals surface area contributed by atoms with E-state index in [0.717, 1.165) is 5.56 Å². The molecule has 3 nitrogen and oxygen atoms in total. The van der Waals surface area contributed by atoms with Gasteiger partial charge in [0.05, 0.1) is 0 Å². The van der Waals surface area contributed by atoms with Gasteiger partial charge in [-0.2, -0.15) is 0 Å². The second-order valence-electron chi connectivity index (χ2n) is 2.17. The predicted molar refractivity (Wildman–Crippen MR) is 39.4 cm³/mol. The third kappa shape index (κ3) is 1.49. The molecular weight excluding hydrogens is 142 g/mol. The molecule has 0 radical (unpaired) electrons. The molecule has 0 saturated carbocycles. The van der Waals surface area contributed by atoms with Gasteiger partial charge < -0.3 is 0 Å². The van der Waals surface area contributed by atoms with Gasteiger partial charge in [0.15, 0.2) is 6.29 Å². The molecule has 0 amide bonds. The molecule has 0 unspecified atom stereocenters. The highest BCUT2D eigenvalue weighted by atomic mass is 16.2. The highest BCUT2D eigenvalue weighted by Gasteiger charge is 2.05. The van der Waals surface area contributed by atoms with Crippen LogP contribution in [0, 0.1) is 6.92 Å². The summed E-state index contributed by atoms with van der Waals surface area (Å²) in [5, 5.41) is 0. The van der Waals surface area contributed by atoms with Crippen molar-refractivity contribution in [3.8, 4) is 0 Å². The van der Waals surface area contributed by atoms with E-state index in [-0.39, 0.29) is 0 Å². The van der Waals surface area contributed by atoms with Gasteiger partial charge in [-0.1, -0.05) is 0 Å². The van der Waals surface area contributed by atoms with Crippen LogP contribution in [0.4, 0.5) is 0 Å². The topological polar surface area (TPSA) is 47.0 Å². The van der Waals surface area contributed by atoms with Gasteiger partial charge in [0.2, 0.25) is 5.78 Å². The maximum Gasteiger partial charge on any atom is 0.225 e. The summed E-state index contributed by atoms with van der Waals surface area (Å²) >= 11 is 0. The van der Waals surface area contributed by atoms with Crippen LogP contribution >= 0.6 is 0 Å². The van der Waals surface area contributed by atoms with Gasteiger partial charge in [-0.15, -0.1) is 0 Å². The van der Waals surface area contributed by atoms with E-state index in [1.165, 1.54) is 12.3 Å². The van der Waals surface area contributed by atoms with Crippen molar-refractivity contribution in [1.29, 1.82) is 0 Å². The lowest BCUT2D eigenvalue weighted by Gasteiger charge is -1.96. The molecule has 0 fully saturated rings. The lowest BCUT2D eigenvalue weighted by Crippen LogP contribution is -2.02. The van der Waals surface area contributed by atoms with Crippen molar-refractivity contribution < 1.29 is 9.59 Å². The fourth-order valence-electron chi connectivity index (χ4n) is 0.813. The molecule has 0 aliphatic heterocycles. The molecule has 56 valence electrons.